The number of imide groups is 1. The second-order valence-electron chi connectivity index (χ2n) is 10.7. The summed E-state index contributed by atoms with van der Waals surface area (Å²) in [4.78, 5) is 42.2. The monoisotopic (exact) mass is 598 g/mol. The number of hydrogen-bond donors (Lipinski definition) is 1. The van der Waals surface area contributed by atoms with Gasteiger partial charge in [0.15, 0.2) is 0 Å². The second kappa shape index (κ2) is 13.0. The van der Waals surface area contributed by atoms with Gasteiger partial charge in [0.2, 0.25) is 5.91 Å². The number of rotatable bonds is 11. The van der Waals surface area contributed by atoms with Crippen LogP contribution in [0.3, 0.4) is 0 Å². The summed E-state index contributed by atoms with van der Waals surface area (Å²) in [5, 5.41) is 3.38. The zero-order valence-corrected chi connectivity index (χ0v) is 25.3. The molecule has 42 heavy (non-hydrogen) atoms. The molecule has 1 N–H and O–H groups in total. The van der Waals surface area contributed by atoms with Crippen LogP contribution in [0.15, 0.2) is 47.3 Å². The van der Waals surface area contributed by atoms with Crippen LogP contribution in [0.25, 0.3) is 11.0 Å². The Labute approximate surface area is 245 Å². The summed E-state index contributed by atoms with van der Waals surface area (Å²) in [6, 6.07) is 12.1. The number of hydrogen-bond acceptors (Lipinski definition) is 8. The predicted octanol–water partition coefficient (Wildman–Crippen LogP) is 4.39. The number of piperidine rings is 2. The lowest BCUT2D eigenvalue weighted by molar-refractivity contribution is -0.151. The lowest BCUT2D eigenvalue weighted by Crippen LogP contribution is -2.47. The minimum atomic E-state index is -3.66. The fourth-order valence-corrected chi connectivity index (χ4v) is 7.61. The van der Waals surface area contributed by atoms with Crippen molar-refractivity contribution in [2.45, 2.75) is 64.3 Å². The minimum absolute atomic E-state index is 0.0926. The Balaban J connectivity index is 1.56. The first-order valence-electron chi connectivity index (χ1n) is 14.6. The van der Waals surface area contributed by atoms with Gasteiger partial charge in [-0.2, -0.15) is 0 Å². The number of likely N-dealkylation sites (tertiary alicyclic amines) is 1. The average molecular weight is 599 g/mol. The molecule has 2 saturated heterocycles. The molecule has 226 valence electrons. The Hall–Kier alpha value is -3.24. The van der Waals surface area contributed by atoms with E-state index in [1.54, 1.807) is 33.1 Å². The van der Waals surface area contributed by atoms with Crippen LogP contribution in [-0.4, -0.2) is 59.3 Å². The first kappa shape index (κ1) is 30.2. The molecule has 1 aromatic heterocycles. The largest absolute Gasteiger partial charge is 0.497 e. The number of carbonyl (C=O) groups excluding carboxylic acids is 2. The summed E-state index contributed by atoms with van der Waals surface area (Å²) in [5.74, 6) is 0.271. The number of nitrogens with zero attached hydrogens (tertiary/aromatic N) is 3. The van der Waals surface area contributed by atoms with E-state index in [2.05, 4.69) is 5.32 Å². The van der Waals surface area contributed by atoms with Gasteiger partial charge in [-0.1, -0.05) is 18.2 Å². The van der Waals surface area contributed by atoms with Crippen LogP contribution in [0.5, 0.6) is 5.75 Å². The molecule has 2 fully saturated rings. The lowest BCUT2D eigenvalue weighted by atomic mass is 9.90. The van der Waals surface area contributed by atoms with Crippen LogP contribution >= 0.6 is 7.60 Å². The highest BCUT2D eigenvalue weighted by Gasteiger charge is 2.38. The number of amides is 2. The maximum atomic E-state index is 14.1. The van der Waals surface area contributed by atoms with E-state index >= 15 is 0 Å². The maximum absolute atomic E-state index is 14.1. The quantitative estimate of drug-likeness (QED) is 0.255. The minimum Gasteiger partial charge on any atom is -0.497 e. The zero-order valence-electron chi connectivity index (χ0n) is 24.4. The number of methoxy groups -OCH3 is 1. The van der Waals surface area contributed by atoms with Gasteiger partial charge in [-0.25, -0.2) is 4.79 Å². The fraction of sp³-hybridized carbons (Fsp3) is 0.500. The molecule has 2 aliphatic rings. The van der Waals surface area contributed by atoms with Crippen LogP contribution in [0.4, 0.5) is 0 Å². The van der Waals surface area contributed by atoms with Gasteiger partial charge in [-0.15, -0.1) is 0 Å². The molecule has 1 unspecified atom stereocenters. The van der Waals surface area contributed by atoms with Crippen molar-refractivity contribution in [3.8, 4) is 5.75 Å². The van der Waals surface area contributed by atoms with Crippen LogP contribution < -0.4 is 15.7 Å². The van der Waals surface area contributed by atoms with Crippen molar-refractivity contribution in [2.75, 3.05) is 33.4 Å². The normalized spacial score (nSPS) is 18.6. The molecule has 3 heterocycles. The molecular weight excluding hydrogens is 559 g/mol. The molecule has 0 radical (unpaired) electrons. The molecule has 12 heteroatoms. The summed E-state index contributed by atoms with van der Waals surface area (Å²) < 4.78 is 32.8. The highest BCUT2D eigenvalue weighted by molar-refractivity contribution is 7.52. The van der Waals surface area contributed by atoms with Crippen LogP contribution in [0.1, 0.15) is 62.6 Å². The van der Waals surface area contributed by atoms with E-state index in [1.165, 1.54) is 14.0 Å². The Morgan fingerprint density at radius 3 is 2.26 bits per heavy atom. The molecule has 0 aliphatic carbocycles. The van der Waals surface area contributed by atoms with E-state index in [0.717, 1.165) is 37.1 Å². The third-order valence-electron chi connectivity index (χ3n) is 8.06. The molecule has 1 atom stereocenters. The van der Waals surface area contributed by atoms with E-state index in [-0.39, 0.29) is 44.8 Å². The van der Waals surface area contributed by atoms with Gasteiger partial charge in [0, 0.05) is 6.42 Å². The highest BCUT2D eigenvalue weighted by atomic mass is 31.2. The molecule has 3 aromatic rings. The lowest BCUT2D eigenvalue weighted by Gasteiger charge is -2.31. The van der Waals surface area contributed by atoms with Crippen molar-refractivity contribution in [3.05, 3.63) is 64.1 Å². The number of imidazole rings is 1. The number of ether oxygens (including phenoxy) is 1. The van der Waals surface area contributed by atoms with Crippen molar-refractivity contribution < 1.29 is 27.9 Å². The van der Waals surface area contributed by atoms with E-state index in [1.807, 2.05) is 30.3 Å². The van der Waals surface area contributed by atoms with E-state index in [0.29, 0.717) is 22.7 Å². The van der Waals surface area contributed by atoms with Gasteiger partial charge >= 0.3 is 13.3 Å². The molecule has 0 saturated carbocycles. The maximum Gasteiger partial charge on any atom is 0.350 e. The number of carbonyl (C=O) groups is 2. The molecule has 0 spiro atoms. The fourth-order valence-electron chi connectivity index (χ4n) is 5.97. The zero-order chi connectivity index (χ0) is 29.9. The smallest absolute Gasteiger partial charge is 0.350 e. The number of aromatic nitrogens is 2. The SMILES string of the molecule is CCOP(=O)(Cn1c(=O)n(C2CCC(=O)N(Cc3ccc(OC)cc3)C2=O)c2ccc(C3CCNCC3)cc21)OCC. The standard InChI is InChI=1S/C30H39N4O7P/c1-4-40-42(38,41-5-2)20-33-27-18-23(22-14-16-31-17-15-22)8-11-25(27)34(30(33)37)26-12-13-28(35)32(29(26)36)19-21-6-9-24(39-3)10-7-21/h6-11,18,22,26,31H,4-5,12-17,19-20H2,1-3H3. The van der Waals surface area contributed by atoms with Gasteiger partial charge < -0.3 is 19.1 Å². The second-order valence-corrected chi connectivity index (χ2v) is 12.7. The van der Waals surface area contributed by atoms with Gasteiger partial charge in [0.05, 0.1) is 37.9 Å². The molecule has 2 amide bonds. The van der Waals surface area contributed by atoms with Crippen LogP contribution in [-0.2, 0) is 36.0 Å². The predicted molar refractivity (Wildman–Crippen MR) is 159 cm³/mol. The third kappa shape index (κ3) is 6.10. The third-order valence-corrected chi connectivity index (χ3v) is 9.99. The number of nitrogens with one attached hydrogen (secondary N) is 1. The summed E-state index contributed by atoms with van der Waals surface area (Å²) in [6.07, 6.45) is 1.98. The van der Waals surface area contributed by atoms with E-state index in [9.17, 15) is 18.9 Å². The van der Waals surface area contributed by atoms with Gasteiger partial charge in [0.25, 0.3) is 5.91 Å². The summed E-state index contributed by atoms with van der Waals surface area (Å²) >= 11 is 0. The highest BCUT2D eigenvalue weighted by Crippen LogP contribution is 2.50. The molecule has 2 aromatic carbocycles. The van der Waals surface area contributed by atoms with Gasteiger partial charge in [-0.05, 0) is 87.5 Å². The Morgan fingerprint density at radius 1 is 0.929 bits per heavy atom. The molecule has 0 bridgehead atoms. The van der Waals surface area contributed by atoms with E-state index in [4.69, 9.17) is 13.8 Å². The topological polar surface area (TPSA) is 121 Å². The number of benzene rings is 2. The van der Waals surface area contributed by atoms with Crippen molar-refractivity contribution in [1.29, 1.82) is 0 Å². The Kier molecular flexibility index (Phi) is 9.32. The van der Waals surface area contributed by atoms with Crippen LogP contribution in [0, 0.1) is 0 Å². The molecule has 11 nitrogen and oxygen atoms in total. The number of fused-ring (bicyclic) bond motifs is 1. The van der Waals surface area contributed by atoms with E-state index < -0.39 is 25.2 Å². The van der Waals surface area contributed by atoms with Crippen molar-refractivity contribution in [1.82, 2.24) is 19.4 Å². The van der Waals surface area contributed by atoms with Gasteiger partial charge in [-0.3, -0.25) is 28.2 Å². The summed E-state index contributed by atoms with van der Waals surface area (Å²) in [7, 11) is -2.08. The first-order chi connectivity index (χ1) is 20.3. The van der Waals surface area contributed by atoms with Crippen molar-refractivity contribution >= 4 is 30.4 Å². The average Bonchev–Trinajstić information content (AvgIpc) is 3.26. The van der Waals surface area contributed by atoms with Crippen molar-refractivity contribution in [2.24, 2.45) is 0 Å². The molecule has 2 aliphatic heterocycles. The van der Waals surface area contributed by atoms with Crippen molar-refractivity contribution in [3.63, 3.8) is 0 Å². The summed E-state index contributed by atoms with van der Waals surface area (Å²) in [5.41, 5.74) is 2.50. The Bertz CT molecular complexity index is 1530. The molecule has 5 rings (SSSR count). The summed E-state index contributed by atoms with van der Waals surface area (Å²) in [6.45, 7) is 5.69. The Morgan fingerprint density at radius 2 is 1.62 bits per heavy atom. The molecular formula is C30H39N4O7P. The van der Waals surface area contributed by atoms with Gasteiger partial charge in [0.1, 0.15) is 18.1 Å². The first-order valence-corrected chi connectivity index (χ1v) is 16.3. The van der Waals surface area contributed by atoms with Crippen LogP contribution in [0.2, 0.25) is 0 Å².